The number of thiophene rings is 1. The number of carbonyl (C=O) groups excluding carboxylic acids is 1. The molecule has 2 N–H and O–H groups in total. The Labute approximate surface area is 134 Å². The number of anilines is 1. The summed E-state index contributed by atoms with van der Waals surface area (Å²) in [6.07, 6.45) is 4.97. The minimum absolute atomic E-state index is 0.119. The van der Waals surface area contributed by atoms with Gasteiger partial charge in [-0.2, -0.15) is 0 Å². The fourth-order valence-corrected chi connectivity index (χ4v) is 3.86. The molecule has 0 spiro atoms. The summed E-state index contributed by atoms with van der Waals surface area (Å²) in [6, 6.07) is 1.36. The minimum atomic E-state index is -1.04. The van der Waals surface area contributed by atoms with Gasteiger partial charge in [-0.1, -0.05) is 0 Å². The number of hydrogen-bond donors (Lipinski definition) is 2. The number of hydrogen-bond acceptors (Lipinski definition) is 6. The van der Waals surface area contributed by atoms with Crippen LogP contribution >= 0.6 is 22.7 Å². The maximum absolute atomic E-state index is 12.1. The van der Waals surface area contributed by atoms with Crippen LogP contribution in [-0.2, 0) is 11.2 Å². The van der Waals surface area contributed by atoms with Gasteiger partial charge in [0.25, 0.3) is 5.91 Å². The van der Waals surface area contributed by atoms with E-state index in [2.05, 4.69) is 10.3 Å². The molecule has 0 radical (unpaired) electrons. The summed E-state index contributed by atoms with van der Waals surface area (Å²) in [5.41, 5.74) is 0.119. The number of rotatable bonds is 5. The number of aromatic carboxylic acids is 1. The molecule has 116 valence electrons. The molecule has 3 rings (SSSR count). The molecule has 22 heavy (non-hydrogen) atoms. The van der Waals surface area contributed by atoms with Crippen LogP contribution in [0.2, 0.25) is 0 Å². The molecule has 1 aliphatic heterocycles. The van der Waals surface area contributed by atoms with Crippen molar-refractivity contribution in [2.75, 3.05) is 11.9 Å². The molecule has 1 atom stereocenters. The first-order chi connectivity index (χ1) is 10.6. The van der Waals surface area contributed by atoms with E-state index in [-0.39, 0.29) is 17.6 Å². The molecule has 6 nitrogen and oxygen atoms in total. The largest absolute Gasteiger partial charge is 0.478 e. The number of ether oxygens (including phenoxy) is 1. The maximum Gasteiger partial charge on any atom is 0.336 e. The monoisotopic (exact) mass is 338 g/mol. The van der Waals surface area contributed by atoms with E-state index in [0.29, 0.717) is 10.0 Å². The highest BCUT2D eigenvalue weighted by atomic mass is 32.1. The molecule has 0 saturated carbocycles. The lowest BCUT2D eigenvalue weighted by molar-refractivity contribution is 0.0697. The van der Waals surface area contributed by atoms with Gasteiger partial charge in [0, 0.05) is 29.5 Å². The number of thiazole rings is 1. The number of amides is 1. The molecule has 1 amide bonds. The number of nitrogens with zero attached hydrogens (tertiary/aromatic N) is 1. The summed E-state index contributed by atoms with van der Waals surface area (Å²) in [6.45, 7) is 0.817. The Balaban J connectivity index is 1.61. The van der Waals surface area contributed by atoms with E-state index in [9.17, 15) is 9.59 Å². The molecule has 1 aliphatic rings. The summed E-state index contributed by atoms with van der Waals surface area (Å²) >= 11 is 2.52. The zero-order valence-corrected chi connectivity index (χ0v) is 13.2. The van der Waals surface area contributed by atoms with Crippen LogP contribution in [-0.4, -0.2) is 34.7 Å². The van der Waals surface area contributed by atoms with Crippen LogP contribution in [0.1, 0.15) is 37.7 Å². The van der Waals surface area contributed by atoms with Crippen molar-refractivity contribution in [3.05, 3.63) is 33.0 Å². The lowest BCUT2D eigenvalue weighted by Crippen LogP contribution is -2.10. The van der Waals surface area contributed by atoms with E-state index in [1.54, 1.807) is 6.20 Å². The van der Waals surface area contributed by atoms with E-state index in [4.69, 9.17) is 9.84 Å². The average Bonchev–Trinajstić information content (AvgIpc) is 3.19. The SMILES string of the molecule is O=C(O)c1csc(C(=O)Nc2ncc(CC3CCCO3)s2)c1. The second-order valence-electron chi connectivity index (χ2n) is 4.93. The summed E-state index contributed by atoms with van der Waals surface area (Å²) in [7, 11) is 0. The molecule has 2 aromatic rings. The first-order valence-corrected chi connectivity index (χ1v) is 8.51. The number of carboxylic acids is 1. The number of nitrogens with one attached hydrogen (secondary N) is 1. The van der Waals surface area contributed by atoms with Gasteiger partial charge in [0.05, 0.1) is 16.5 Å². The molecule has 0 aliphatic carbocycles. The first-order valence-electron chi connectivity index (χ1n) is 6.81. The van der Waals surface area contributed by atoms with Crippen molar-refractivity contribution in [2.45, 2.75) is 25.4 Å². The van der Waals surface area contributed by atoms with Crippen molar-refractivity contribution in [2.24, 2.45) is 0 Å². The lowest BCUT2D eigenvalue weighted by Gasteiger charge is -2.05. The fourth-order valence-electron chi connectivity index (χ4n) is 2.22. The van der Waals surface area contributed by atoms with Gasteiger partial charge in [-0.25, -0.2) is 9.78 Å². The van der Waals surface area contributed by atoms with Gasteiger partial charge in [0.1, 0.15) is 0 Å². The van der Waals surface area contributed by atoms with Gasteiger partial charge in [-0.15, -0.1) is 22.7 Å². The second kappa shape index (κ2) is 6.55. The summed E-state index contributed by atoms with van der Waals surface area (Å²) in [4.78, 5) is 28.5. The summed E-state index contributed by atoms with van der Waals surface area (Å²) in [5, 5.41) is 13.5. The molecule has 0 aromatic carbocycles. The Morgan fingerprint density at radius 1 is 1.50 bits per heavy atom. The highest BCUT2D eigenvalue weighted by Gasteiger charge is 2.18. The Bertz CT molecular complexity index is 689. The Morgan fingerprint density at radius 3 is 3.05 bits per heavy atom. The topological polar surface area (TPSA) is 88.5 Å². The van der Waals surface area contributed by atoms with Gasteiger partial charge in [0.2, 0.25) is 0 Å². The van der Waals surface area contributed by atoms with E-state index in [1.165, 1.54) is 22.8 Å². The van der Waals surface area contributed by atoms with E-state index >= 15 is 0 Å². The average molecular weight is 338 g/mol. The zero-order chi connectivity index (χ0) is 15.5. The van der Waals surface area contributed by atoms with Crippen LogP contribution in [0.25, 0.3) is 0 Å². The van der Waals surface area contributed by atoms with Crippen molar-refractivity contribution >= 4 is 39.7 Å². The third-order valence-corrected chi connectivity index (χ3v) is 5.16. The van der Waals surface area contributed by atoms with Crippen molar-refractivity contribution in [1.29, 1.82) is 0 Å². The van der Waals surface area contributed by atoms with Crippen molar-refractivity contribution in [1.82, 2.24) is 4.98 Å². The molecule has 8 heteroatoms. The van der Waals surface area contributed by atoms with Crippen LogP contribution in [0.3, 0.4) is 0 Å². The minimum Gasteiger partial charge on any atom is -0.478 e. The summed E-state index contributed by atoms with van der Waals surface area (Å²) < 4.78 is 5.58. The molecule has 1 fully saturated rings. The predicted octanol–water partition coefficient (Wildman–Crippen LogP) is 2.88. The van der Waals surface area contributed by atoms with Gasteiger partial charge in [0.15, 0.2) is 5.13 Å². The van der Waals surface area contributed by atoms with Gasteiger partial charge in [-0.05, 0) is 18.9 Å². The molecule has 3 heterocycles. The second-order valence-corrected chi connectivity index (χ2v) is 6.96. The van der Waals surface area contributed by atoms with Crippen LogP contribution in [0, 0.1) is 0 Å². The standard InChI is InChI=1S/C14H14N2O4S2/c17-12(11-4-8(7-21-11)13(18)19)16-14-15-6-10(22-14)5-9-2-1-3-20-9/h4,6-7,9H,1-3,5H2,(H,18,19)(H,15,16,17). The van der Waals surface area contributed by atoms with Crippen LogP contribution in [0.5, 0.6) is 0 Å². The Morgan fingerprint density at radius 2 is 2.36 bits per heavy atom. The van der Waals surface area contributed by atoms with Gasteiger partial charge < -0.3 is 9.84 Å². The third kappa shape index (κ3) is 3.52. The van der Waals surface area contributed by atoms with Crippen LogP contribution in [0.4, 0.5) is 5.13 Å². The highest BCUT2D eigenvalue weighted by Crippen LogP contribution is 2.25. The van der Waals surface area contributed by atoms with Crippen LogP contribution < -0.4 is 5.32 Å². The molecule has 1 unspecified atom stereocenters. The Hall–Kier alpha value is -1.77. The normalized spacial score (nSPS) is 17.5. The highest BCUT2D eigenvalue weighted by molar-refractivity contribution is 7.16. The number of aromatic nitrogens is 1. The van der Waals surface area contributed by atoms with Crippen molar-refractivity contribution < 1.29 is 19.4 Å². The Kier molecular flexibility index (Phi) is 4.51. The molecule has 1 saturated heterocycles. The third-order valence-electron chi connectivity index (χ3n) is 3.30. The molecular weight excluding hydrogens is 324 g/mol. The lowest BCUT2D eigenvalue weighted by atomic mass is 10.2. The van der Waals surface area contributed by atoms with E-state index in [0.717, 1.165) is 42.1 Å². The van der Waals surface area contributed by atoms with Crippen molar-refractivity contribution in [3.8, 4) is 0 Å². The quantitative estimate of drug-likeness (QED) is 0.875. The fraction of sp³-hybridized carbons (Fsp3) is 0.357. The number of carboxylic acid groups (broad SMARTS) is 1. The van der Waals surface area contributed by atoms with E-state index < -0.39 is 5.97 Å². The van der Waals surface area contributed by atoms with Gasteiger partial charge in [-0.3, -0.25) is 10.1 Å². The van der Waals surface area contributed by atoms with E-state index in [1.807, 2.05) is 0 Å². The number of carbonyl (C=O) groups is 2. The summed E-state index contributed by atoms with van der Waals surface area (Å²) in [5.74, 6) is -1.38. The molecule has 0 bridgehead atoms. The predicted molar refractivity (Wildman–Crippen MR) is 84.0 cm³/mol. The first kappa shape index (κ1) is 15.1. The maximum atomic E-state index is 12.1. The molecular formula is C14H14N2O4S2. The smallest absolute Gasteiger partial charge is 0.336 e. The molecule has 2 aromatic heterocycles. The van der Waals surface area contributed by atoms with Gasteiger partial charge >= 0.3 is 5.97 Å². The zero-order valence-electron chi connectivity index (χ0n) is 11.6. The van der Waals surface area contributed by atoms with Crippen LogP contribution in [0.15, 0.2) is 17.6 Å². The van der Waals surface area contributed by atoms with Crippen molar-refractivity contribution in [3.63, 3.8) is 0 Å².